The van der Waals surface area contributed by atoms with Gasteiger partial charge in [0.25, 0.3) is 11.8 Å². The van der Waals surface area contributed by atoms with Crippen LogP contribution in [0.1, 0.15) is 71.4 Å². The highest BCUT2D eigenvalue weighted by Crippen LogP contribution is 2.52. The summed E-state index contributed by atoms with van der Waals surface area (Å²) < 4.78 is 7.52. The van der Waals surface area contributed by atoms with Gasteiger partial charge in [-0.2, -0.15) is 0 Å². The smallest absolute Gasteiger partial charge is 0.281 e. The number of aliphatic hydroxyl groups is 1. The zero-order valence-corrected chi connectivity index (χ0v) is 28.5. The first kappa shape index (κ1) is 30.9. The Morgan fingerprint density at radius 3 is 2.69 bits per heavy atom. The molecule has 1 aromatic heterocycles. The minimum atomic E-state index is -2.05. The van der Waals surface area contributed by atoms with Gasteiger partial charge in [-0.1, -0.05) is 45.9 Å². The molecule has 3 saturated heterocycles. The number of ether oxygens (including phenoxy) is 1. The number of halogens is 1. The van der Waals surface area contributed by atoms with Crippen molar-refractivity contribution in [1.29, 1.82) is 0 Å². The Morgan fingerprint density at radius 2 is 1.98 bits per heavy atom. The van der Waals surface area contributed by atoms with Crippen LogP contribution in [0.2, 0.25) is 0 Å². The number of nitrogens with zero attached hydrogens (tertiary/aromatic N) is 3. The lowest BCUT2D eigenvalue weighted by atomic mass is 9.79. The third-order valence-electron chi connectivity index (χ3n) is 11.1. The molecule has 3 fully saturated rings. The molecule has 0 spiro atoms. The van der Waals surface area contributed by atoms with Gasteiger partial charge < -0.3 is 20.3 Å². The summed E-state index contributed by atoms with van der Waals surface area (Å²) in [6.07, 6.45) is 5.16. The second-order valence-corrected chi connectivity index (χ2v) is 15.5. The quantitative estimate of drug-likeness (QED) is 0.425. The first-order valence-corrected chi connectivity index (χ1v) is 17.1. The second-order valence-electron chi connectivity index (χ2n) is 14.7. The van der Waals surface area contributed by atoms with Gasteiger partial charge in [0.1, 0.15) is 11.6 Å². The molecule has 5 heterocycles. The number of aromatic nitrogens is 1. The predicted octanol–water partition coefficient (Wildman–Crippen LogP) is 3.97. The van der Waals surface area contributed by atoms with Crippen LogP contribution >= 0.6 is 15.9 Å². The molecule has 45 heavy (non-hydrogen) atoms. The Morgan fingerprint density at radius 1 is 1.22 bits per heavy atom. The SMILES string of the molecule is CC(C)CC[C@@]1(C)C(=O)N2CCCC2[C@]2(O)O[C@](NC(=O)[C@@H]3C=C4c5cccc6[nH]c(Br)c(c56)C[C@H]4N(C)C3)(C(C)C)C(=O)N12. The number of likely N-dealkylation sites (N-methyl/N-ethyl adjacent to an activating group) is 1. The van der Waals surface area contributed by atoms with Crippen LogP contribution in [0.4, 0.5) is 0 Å². The summed E-state index contributed by atoms with van der Waals surface area (Å²) in [7, 11) is 2.03. The normalized spacial score (nSPS) is 34.4. The number of carbonyl (C=O) groups is 3. The van der Waals surface area contributed by atoms with Crippen molar-refractivity contribution in [2.45, 2.75) is 96.0 Å². The van der Waals surface area contributed by atoms with Gasteiger partial charge in [-0.3, -0.25) is 28.9 Å². The van der Waals surface area contributed by atoms with E-state index in [1.165, 1.54) is 15.8 Å². The third-order valence-corrected chi connectivity index (χ3v) is 11.7. The molecule has 2 aromatic rings. The Kier molecular flexibility index (Phi) is 7.13. The molecule has 1 aliphatic carbocycles. The van der Waals surface area contributed by atoms with Crippen LogP contribution < -0.4 is 5.32 Å². The maximum Gasteiger partial charge on any atom is 0.281 e. The topological polar surface area (TPSA) is 118 Å². The standard InChI is InChI=1S/C34H44BrN5O5/c1-18(2)12-13-32(5)30(42)39-14-8-11-26(39)34(44)40(32)31(43)33(45-34,19(3)4)37-29(41)20-15-22-21-9-7-10-24-27(21)23(28(35)36-24)16-25(22)38(6)17-20/h7,9-10,15,18-20,25-26,36,44H,8,11-14,16-17H2,1-6H3,(H,37,41)/t20-,25-,26?,32+,33-,34+/m1/s1. The summed E-state index contributed by atoms with van der Waals surface area (Å²) in [6.45, 7) is 10.5. The van der Waals surface area contributed by atoms with Crippen molar-refractivity contribution in [3.8, 4) is 0 Å². The van der Waals surface area contributed by atoms with Gasteiger partial charge in [0.05, 0.1) is 10.5 Å². The van der Waals surface area contributed by atoms with Gasteiger partial charge in [-0.05, 0) is 90.7 Å². The molecule has 11 heteroatoms. The van der Waals surface area contributed by atoms with Crippen LogP contribution in [0.5, 0.6) is 0 Å². The van der Waals surface area contributed by atoms with E-state index in [-0.39, 0.29) is 17.9 Å². The largest absolute Gasteiger partial charge is 0.349 e. The minimum absolute atomic E-state index is 0.110. The Labute approximate surface area is 272 Å². The summed E-state index contributed by atoms with van der Waals surface area (Å²) >= 11 is 3.71. The third kappa shape index (κ3) is 4.26. The van der Waals surface area contributed by atoms with Crippen molar-refractivity contribution >= 4 is 50.1 Å². The number of aromatic amines is 1. The number of benzene rings is 1. The number of carbonyl (C=O) groups excluding carboxylic acids is 3. The fraction of sp³-hybridized carbons (Fsp3) is 0.618. The molecule has 1 aromatic carbocycles. The molecule has 0 bridgehead atoms. The zero-order chi connectivity index (χ0) is 32.2. The van der Waals surface area contributed by atoms with E-state index in [1.54, 1.807) is 11.8 Å². The van der Waals surface area contributed by atoms with Crippen molar-refractivity contribution < 1.29 is 24.2 Å². The van der Waals surface area contributed by atoms with E-state index >= 15 is 0 Å². The van der Waals surface area contributed by atoms with Crippen LogP contribution in [-0.2, 0) is 25.5 Å². The molecule has 4 aliphatic heterocycles. The first-order valence-electron chi connectivity index (χ1n) is 16.3. The van der Waals surface area contributed by atoms with Crippen molar-refractivity contribution in [1.82, 2.24) is 25.0 Å². The number of fused-ring (bicyclic) bond motifs is 5. The molecular formula is C34H44BrN5O5. The first-order chi connectivity index (χ1) is 21.2. The van der Waals surface area contributed by atoms with Gasteiger partial charge in [-0.25, -0.2) is 0 Å². The van der Waals surface area contributed by atoms with Crippen molar-refractivity contribution in [3.63, 3.8) is 0 Å². The van der Waals surface area contributed by atoms with Gasteiger partial charge >= 0.3 is 0 Å². The molecule has 1 unspecified atom stereocenters. The van der Waals surface area contributed by atoms with Gasteiger partial charge in [0, 0.05) is 36.0 Å². The number of H-pyrrole nitrogens is 1. The monoisotopic (exact) mass is 681 g/mol. The van der Waals surface area contributed by atoms with E-state index in [1.807, 2.05) is 33.0 Å². The number of rotatable bonds is 6. The number of hydrogen-bond acceptors (Lipinski definition) is 6. The molecule has 3 amide bonds. The molecule has 7 rings (SSSR count). The summed E-state index contributed by atoms with van der Waals surface area (Å²) in [4.78, 5) is 51.6. The highest BCUT2D eigenvalue weighted by atomic mass is 79.9. The van der Waals surface area contributed by atoms with Crippen LogP contribution in [0.15, 0.2) is 28.9 Å². The van der Waals surface area contributed by atoms with Crippen molar-refractivity contribution in [2.24, 2.45) is 17.8 Å². The number of nitrogens with one attached hydrogen (secondary N) is 2. The highest BCUT2D eigenvalue weighted by molar-refractivity contribution is 9.10. The van der Waals surface area contributed by atoms with Crippen LogP contribution in [0.25, 0.3) is 16.5 Å². The molecule has 5 aliphatic rings. The van der Waals surface area contributed by atoms with E-state index in [9.17, 15) is 19.5 Å². The Bertz CT molecular complexity index is 1640. The molecule has 6 atom stereocenters. The summed E-state index contributed by atoms with van der Waals surface area (Å²) in [5.41, 5.74) is 1.35. The van der Waals surface area contributed by atoms with Crippen molar-refractivity contribution in [2.75, 3.05) is 20.1 Å². The molecule has 0 saturated carbocycles. The number of hydrogen-bond donors (Lipinski definition) is 3. The summed E-state index contributed by atoms with van der Waals surface area (Å²) in [5, 5.41) is 16.6. The number of piperazine rings is 1. The summed E-state index contributed by atoms with van der Waals surface area (Å²) in [5.74, 6) is -3.89. The lowest BCUT2D eigenvalue weighted by Crippen LogP contribution is -2.76. The molecule has 0 radical (unpaired) electrons. The van der Waals surface area contributed by atoms with E-state index in [2.05, 4.69) is 57.1 Å². The average molecular weight is 683 g/mol. The summed E-state index contributed by atoms with van der Waals surface area (Å²) in [6, 6.07) is 5.60. The fourth-order valence-corrected chi connectivity index (χ4v) is 9.12. The zero-order valence-electron chi connectivity index (χ0n) is 26.9. The maximum atomic E-state index is 14.7. The van der Waals surface area contributed by atoms with E-state index < -0.39 is 41.0 Å². The van der Waals surface area contributed by atoms with E-state index in [0.717, 1.165) is 27.7 Å². The Hall–Kier alpha value is -2.73. The highest BCUT2D eigenvalue weighted by Gasteiger charge is 2.74. The average Bonchev–Trinajstić information content (AvgIpc) is 3.67. The predicted molar refractivity (Wildman–Crippen MR) is 173 cm³/mol. The fourth-order valence-electron chi connectivity index (χ4n) is 8.55. The molecular weight excluding hydrogens is 638 g/mol. The van der Waals surface area contributed by atoms with Gasteiger partial charge in [0.15, 0.2) is 0 Å². The maximum absolute atomic E-state index is 14.7. The molecule has 242 valence electrons. The number of amides is 3. The second kappa shape index (κ2) is 10.4. The Balaban J connectivity index is 1.26. The van der Waals surface area contributed by atoms with Crippen LogP contribution in [0, 0.1) is 17.8 Å². The van der Waals surface area contributed by atoms with E-state index in [0.29, 0.717) is 44.7 Å². The van der Waals surface area contributed by atoms with E-state index in [4.69, 9.17) is 4.74 Å². The minimum Gasteiger partial charge on any atom is -0.349 e. The van der Waals surface area contributed by atoms with Gasteiger partial charge in [0.2, 0.25) is 17.5 Å². The molecule has 10 nitrogen and oxygen atoms in total. The van der Waals surface area contributed by atoms with Crippen LogP contribution in [-0.4, -0.2) is 91.9 Å². The van der Waals surface area contributed by atoms with Crippen LogP contribution in [0.3, 0.4) is 0 Å². The lowest BCUT2D eigenvalue weighted by Gasteiger charge is -2.54. The lowest BCUT2D eigenvalue weighted by molar-refractivity contribution is -0.331. The molecule has 3 N–H and O–H groups in total. The van der Waals surface area contributed by atoms with Crippen molar-refractivity contribution in [3.05, 3.63) is 40.0 Å². The van der Waals surface area contributed by atoms with Gasteiger partial charge in [-0.15, -0.1) is 0 Å².